The monoisotopic (exact) mass is 192 g/mol. The minimum Gasteiger partial charge on any atom is -0.383 e. The van der Waals surface area contributed by atoms with E-state index in [0.717, 1.165) is 19.0 Å². The molecule has 0 aliphatic carbocycles. The second-order valence-corrected chi connectivity index (χ2v) is 3.46. The van der Waals surface area contributed by atoms with Crippen LogP contribution >= 0.6 is 0 Å². The summed E-state index contributed by atoms with van der Waals surface area (Å²) >= 11 is 0. The summed E-state index contributed by atoms with van der Waals surface area (Å²) in [5, 5.41) is 0. The highest BCUT2D eigenvalue weighted by Gasteiger charge is 2.25. The number of aromatic nitrogens is 2. The number of rotatable bonds is 3. The Morgan fingerprint density at radius 2 is 2.64 bits per heavy atom. The van der Waals surface area contributed by atoms with Crippen molar-refractivity contribution in [1.82, 2.24) is 9.97 Å². The predicted molar refractivity (Wildman–Crippen MR) is 53.1 cm³/mol. The first-order valence-electron chi connectivity index (χ1n) is 4.86. The topological polar surface area (TPSA) is 38.2 Å². The summed E-state index contributed by atoms with van der Waals surface area (Å²) in [6.45, 7) is 1.82. The van der Waals surface area contributed by atoms with Gasteiger partial charge in [-0.3, -0.25) is 0 Å². The molecule has 1 saturated heterocycles. The number of methoxy groups -OCH3 is 1. The van der Waals surface area contributed by atoms with E-state index in [1.807, 2.05) is 6.07 Å². The van der Waals surface area contributed by atoms with Crippen molar-refractivity contribution in [1.29, 1.82) is 0 Å². The highest BCUT2D eigenvalue weighted by molar-refractivity contribution is 5.39. The van der Waals surface area contributed by atoms with Crippen molar-refractivity contribution in [3.63, 3.8) is 0 Å². The lowest BCUT2D eigenvalue weighted by molar-refractivity contribution is 0.180. The molecular formula is C10H14N3O. The summed E-state index contributed by atoms with van der Waals surface area (Å²) in [5.41, 5.74) is 0. The Morgan fingerprint density at radius 3 is 3.36 bits per heavy atom. The van der Waals surface area contributed by atoms with Crippen molar-refractivity contribution in [2.24, 2.45) is 0 Å². The standard InChI is InChI=1S/C10H14N3O/c1-14-7-9-3-2-6-13(9)10-4-5-11-8-12-10/h4-5,9H,2-3,6-7H2,1H3. The van der Waals surface area contributed by atoms with E-state index in [-0.39, 0.29) is 0 Å². The number of hydrogen-bond acceptors (Lipinski definition) is 4. The Morgan fingerprint density at radius 1 is 1.71 bits per heavy atom. The molecule has 1 aliphatic rings. The van der Waals surface area contributed by atoms with Crippen LogP contribution in [-0.4, -0.2) is 36.3 Å². The fourth-order valence-electron chi connectivity index (χ4n) is 1.92. The van der Waals surface area contributed by atoms with Gasteiger partial charge in [0.15, 0.2) is 6.33 Å². The van der Waals surface area contributed by atoms with Gasteiger partial charge in [0.2, 0.25) is 0 Å². The third kappa shape index (κ3) is 1.85. The van der Waals surface area contributed by atoms with Crippen LogP contribution in [0.5, 0.6) is 0 Å². The predicted octanol–water partition coefficient (Wildman–Crippen LogP) is 0.892. The van der Waals surface area contributed by atoms with E-state index >= 15 is 0 Å². The molecule has 75 valence electrons. The molecule has 1 fully saturated rings. The zero-order chi connectivity index (χ0) is 9.80. The Bertz CT molecular complexity index is 278. The van der Waals surface area contributed by atoms with Crippen LogP contribution in [0.2, 0.25) is 0 Å². The summed E-state index contributed by atoms with van der Waals surface area (Å²) in [7, 11) is 1.74. The number of hydrogen-bond donors (Lipinski definition) is 0. The summed E-state index contributed by atoms with van der Waals surface area (Å²) < 4.78 is 5.18. The van der Waals surface area contributed by atoms with E-state index in [2.05, 4.69) is 21.2 Å². The largest absolute Gasteiger partial charge is 0.383 e. The van der Waals surface area contributed by atoms with Crippen molar-refractivity contribution < 1.29 is 4.74 Å². The van der Waals surface area contributed by atoms with Crippen LogP contribution in [0.15, 0.2) is 12.3 Å². The SMILES string of the molecule is COCC1CCCN1c1ccn[c]n1. The fraction of sp³-hybridized carbons (Fsp3) is 0.600. The highest BCUT2D eigenvalue weighted by atomic mass is 16.5. The van der Waals surface area contributed by atoms with E-state index in [1.165, 1.54) is 12.8 Å². The lowest BCUT2D eigenvalue weighted by Gasteiger charge is -2.24. The molecule has 4 nitrogen and oxygen atoms in total. The molecule has 1 radical (unpaired) electrons. The normalized spacial score (nSPS) is 21.5. The average Bonchev–Trinajstić information content (AvgIpc) is 2.68. The zero-order valence-corrected chi connectivity index (χ0v) is 8.31. The molecule has 1 aliphatic heterocycles. The maximum Gasteiger partial charge on any atom is 0.199 e. The third-order valence-corrected chi connectivity index (χ3v) is 2.55. The number of ether oxygens (including phenoxy) is 1. The van der Waals surface area contributed by atoms with Crippen LogP contribution in [-0.2, 0) is 4.74 Å². The molecule has 2 rings (SSSR count). The Kier molecular flexibility index (Phi) is 2.93. The van der Waals surface area contributed by atoms with E-state index in [1.54, 1.807) is 13.3 Å². The van der Waals surface area contributed by atoms with Gasteiger partial charge >= 0.3 is 0 Å². The molecule has 14 heavy (non-hydrogen) atoms. The first kappa shape index (κ1) is 9.40. The molecule has 0 aromatic carbocycles. The summed E-state index contributed by atoms with van der Waals surface area (Å²) in [6.07, 6.45) is 6.73. The molecule has 0 bridgehead atoms. The van der Waals surface area contributed by atoms with Gasteiger partial charge in [-0.2, -0.15) is 0 Å². The van der Waals surface area contributed by atoms with E-state index in [0.29, 0.717) is 6.04 Å². The van der Waals surface area contributed by atoms with Gasteiger partial charge in [0.1, 0.15) is 5.82 Å². The van der Waals surface area contributed by atoms with Gasteiger partial charge in [0, 0.05) is 19.9 Å². The molecule has 0 N–H and O–H groups in total. The molecule has 1 atom stereocenters. The van der Waals surface area contributed by atoms with Gasteiger partial charge in [-0.1, -0.05) is 0 Å². The summed E-state index contributed by atoms with van der Waals surface area (Å²) in [5.74, 6) is 0.958. The molecule has 2 heterocycles. The maximum atomic E-state index is 5.18. The van der Waals surface area contributed by atoms with Gasteiger partial charge in [-0.25, -0.2) is 9.97 Å². The van der Waals surface area contributed by atoms with Crippen molar-refractivity contribution in [3.05, 3.63) is 18.6 Å². The average molecular weight is 192 g/mol. The smallest absolute Gasteiger partial charge is 0.199 e. The molecule has 0 saturated carbocycles. The Balaban J connectivity index is 2.10. The minimum atomic E-state index is 0.461. The van der Waals surface area contributed by atoms with Crippen molar-refractivity contribution in [2.75, 3.05) is 25.2 Å². The zero-order valence-electron chi connectivity index (χ0n) is 8.31. The summed E-state index contributed by atoms with van der Waals surface area (Å²) in [6, 6.07) is 2.38. The molecule has 1 unspecified atom stereocenters. The van der Waals surface area contributed by atoms with Crippen LogP contribution < -0.4 is 4.90 Å². The fourth-order valence-corrected chi connectivity index (χ4v) is 1.92. The number of anilines is 1. The minimum absolute atomic E-state index is 0.461. The van der Waals surface area contributed by atoms with E-state index < -0.39 is 0 Å². The molecule has 1 aromatic rings. The van der Waals surface area contributed by atoms with Crippen LogP contribution in [0, 0.1) is 6.33 Å². The van der Waals surface area contributed by atoms with Gasteiger partial charge < -0.3 is 9.64 Å². The van der Waals surface area contributed by atoms with Crippen molar-refractivity contribution >= 4 is 5.82 Å². The Labute approximate surface area is 83.9 Å². The van der Waals surface area contributed by atoms with E-state index in [4.69, 9.17) is 4.74 Å². The van der Waals surface area contributed by atoms with Crippen LogP contribution in [0.3, 0.4) is 0 Å². The number of nitrogens with zero attached hydrogens (tertiary/aromatic N) is 3. The second-order valence-electron chi connectivity index (χ2n) is 3.46. The van der Waals surface area contributed by atoms with E-state index in [9.17, 15) is 0 Å². The Hall–Kier alpha value is -1.16. The summed E-state index contributed by atoms with van der Waals surface area (Å²) in [4.78, 5) is 10.2. The first-order valence-corrected chi connectivity index (χ1v) is 4.86. The van der Waals surface area contributed by atoms with Gasteiger partial charge in [-0.05, 0) is 18.9 Å². The molecule has 0 spiro atoms. The lowest BCUT2D eigenvalue weighted by Crippen LogP contribution is -2.33. The van der Waals surface area contributed by atoms with Crippen molar-refractivity contribution in [2.45, 2.75) is 18.9 Å². The second kappa shape index (κ2) is 4.37. The molecule has 0 amide bonds. The van der Waals surface area contributed by atoms with Crippen LogP contribution in [0.25, 0.3) is 0 Å². The highest BCUT2D eigenvalue weighted by Crippen LogP contribution is 2.22. The maximum absolute atomic E-state index is 5.18. The first-order chi connectivity index (χ1) is 6.92. The van der Waals surface area contributed by atoms with Crippen LogP contribution in [0.1, 0.15) is 12.8 Å². The van der Waals surface area contributed by atoms with Gasteiger partial charge in [-0.15, -0.1) is 0 Å². The molecule has 4 heteroatoms. The quantitative estimate of drug-likeness (QED) is 0.713. The van der Waals surface area contributed by atoms with Gasteiger partial charge in [0.05, 0.1) is 12.6 Å². The third-order valence-electron chi connectivity index (χ3n) is 2.55. The molecular weight excluding hydrogens is 178 g/mol. The van der Waals surface area contributed by atoms with Crippen LogP contribution in [0.4, 0.5) is 5.82 Å². The van der Waals surface area contributed by atoms with Crippen molar-refractivity contribution in [3.8, 4) is 0 Å². The molecule has 1 aromatic heterocycles. The lowest BCUT2D eigenvalue weighted by atomic mass is 10.2. The van der Waals surface area contributed by atoms with Gasteiger partial charge in [0.25, 0.3) is 0 Å².